The van der Waals surface area contributed by atoms with Gasteiger partial charge in [0.15, 0.2) is 0 Å². The van der Waals surface area contributed by atoms with E-state index in [9.17, 15) is 17.6 Å². The van der Waals surface area contributed by atoms with E-state index in [1.807, 2.05) is 18.7 Å². The number of rotatable bonds is 2. The SMILES string of the molecule is CCC1CNC(C)CN1c1ccc(F)c(C(F)(F)F)c1. The van der Waals surface area contributed by atoms with Crippen LogP contribution < -0.4 is 10.2 Å². The standard InChI is InChI=1S/C14H18F4N2/c1-3-10-7-19-9(2)8-20(10)11-4-5-13(15)12(6-11)14(16,17)18/h4-6,9-10,19H,3,7-8H2,1-2H3. The first-order chi connectivity index (χ1) is 9.32. The van der Waals surface area contributed by atoms with Crippen molar-refractivity contribution in [2.45, 2.75) is 38.5 Å². The minimum atomic E-state index is -4.67. The molecule has 2 unspecified atom stereocenters. The number of benzene rings is 1. The Hall–Kier alpha value is -1.30. The van der Waals surface area contributed by atoms with Crippen molar-refractivity contribution in [1.82, 2.24) is 5.32 Å². The minimum absolute atomic E-state index is 0.123. The van der Waals surface area contributed by atoms with Crippen molar-refractivity contribution in [3.8, 4) is 0 Å². The Bertz CT molecular complexity index is 473. The van der Waals surface area contributed by atoms with Crippen molar-refractivity contribution in [3.63, 3.8) is 0 Å². The monoisotopic (exact) mass is 290 g/mol. The van der Waals surface area contributed by atoms with Crippen LogP contribution in [-0.2, 0) is 6.18 Å². The van der Waals surface area contributed by atoms with Gasteiger partial charge in [0.1, 0.15) is 5.82 Å². The van der Waals surface area contributed by atoms with Crippen molar-refractivity contribution in [3.05, 3.63) is 29.6 Å². The van der Waals surface area contributed by atoms with Crippen LogP contribution in [0.2, 0.25) is 0 Å². The number of nitrogens with one attached hydrogen (secondary N) is 1. The van der Waals surface area contributed by atoms with Crippen LogP contribution in [-0.4, -0.2) is 25.2 Å². The fourth-order valence-corrected chi connectivity index (χ4v) is 2.55. The van der Waals surface area contributed by atoms with Gasteiger partial charge in [0.05, 0.1) is 5.56 Å². The van der Waals surface area contributed by atoms with E-state index >= 15 is 0 Å². The average molecular weight is 290 g/mol. The van der Waals surface area contributed by atoms with Crippen molar-refractivity contribution < 1.29 is 17.6 Å². The fraction of sp³-hybridized carbons (Fsp3) is 0.571. The lowest BCUT2D eigenvalue weighted by Crippen LogP contribution is -2.55. The Morgan fingerprint density at radius 2 is 2.05 bits per heavy atom. The van der Waals surface area contributed by atoms with E-state index in [4.69, 9.17) is 0 Å². The summed E-state index contributed by atoms with van der Waals surface area (Å²) in [5, 5.41) is 3.30. The van der Waals surface area contributed by atoms with Crippen molar-refractivity contribution in [1.29, 1.82) is 0 Å². The quantitative estimate of drug-likeness (QED) is 0.840. The molecule has 1 fully saturated rings. The lowest BCUT2D eigenvalue weighted by Gasteiger charge is -2.41. The zero-order valence-corrected chi connectivity index (χ0v) is 11.5. The highest BCUT2D eigenvalue weighted by atomic mass is 19.4. The lowest BCUT2D eigenvalue weighted by molar-refractivity contribution is -0.139. The van der Waals surface area contributed by atoms with Gasteiger partial charge >= 0.3 is 6.18 Å². The highest BCUT2D eigenvalue weighted by molar-refractivity contribution is 5.51. The molecular weight excluding hydrogens is 272 g/mol. The predicted molar refractivity (Wildman–Crippen MR) is 70.3 cm³/mol. The molecule has 1 saturated heterocycles. The molecule has 20 heavy (non-hydrogen) atoms. The zero-order valence-electron chi connectivity index (χ0n) is 11.5. The molecule has 1 aliphatic rings. The normalized spacial score (nSPS) is 24.0. The fourth-order valence-electron chi connectivity index (χ4n) is 2.55. The van der Waals surface area contributed by atoms with E-state index in [1.165, 1.54) is 6.07 Å². The Morgan fingerprint density at radius 3 is 2.65 bits per heavy atom. The van der Waals surface area contributed by atoms with Crippen LogP contribution in [0.5, 0.6) is 0 Å². The molecule has 1 aromatic carbocycles. The Labute approximate surface area is 115 Å². The number of anilines is 1. The smallest absolute Gasteiger partial charge is 0.366 e. The average Bonchev–Trinajstić information content (AvgIpc) is 2.38. The van der Waals surface area contributed by atoms with E-state index in [0.717, 1.165) is 25.1 Å². The van der Waals surface area contributed by atoms with E-state index in [-0.39, 0.29) is 12.1 Å². The molecule has 0 saturated carbocycles. The summed E-state index contributed by atoms with van der Waals surface area (Å²) in [4.78, 5) is 1.93. The molecule has 2 atom stereocenters. The van der Waals surface area contributed by atoms with Gasteiger partial charge in [-0.25, -0.2) is 4.39 Å². The summed E-state index contributed by atoms with van der Waals surface area (Å²) in [6, 6.07) is 3.55. The molecule has 0 bridgehead atoms. The topological polar surface area (TPSA) is 15.3 Å². The summed E-state index contributed by atoms with van der Waals surface area (Å²) in [6.45, 7) is 5.30. The molecule has 1 heterocycles. The van der Waals surface area contributed by atoms with E-state index in [1.54, 1.807) is 0 Å². The second-order valence-corrected chi connectivity index (χ2v) is 5.19. The first-order valence-electron chi connectivity index (χ1n) is 6.69. The molecule has 0 amide bonds. The van der Waals surface area contributed by atoms with Crippen LogP contribution in [0.25, 0.3) is 0 Å². The Kier molecular flexibility index (Phi) is 4.22. The molecule has 6 heteroatoms. The lowest BCUT2D eigenvalue weighted by atomic mass is 10.0. The largest absolute Gasteiger partial charge is 0.419 e. The highest BCUT2D eigenvalue weighted by Gasteiger charge is 2.35. The molecule has 2 nitrogen and oxygen atoms in total. The third kappa shape index (κ3) is 3.06. The summed E-state index contributed by atoms with van der Waals surface area (Å²) < 4.78 is 51.7. The molecule has 0 spiro atoms. The number of nitrogens with zero attached hydrogens (tertiary/aromatic N) is 1. The van der Waals surface area contributed by atoms with E-state index < -0.39 is 17.6 Å². The predicted octanol–water partition coefficient (Wildman–Crippen LogP) is 3.42. The van der Waals surface area contributed by atoms with Crippen molar-refractivity contribution in [2.75, 3.05) is 18.0 Å². The second kappa shape index (κ2) is 5.60. The molecule has 1 aromatic rings. The van der Waals surface area contributed by atoms with Crippen LogP contribution in [0, 0.1) is 5.82 Å². The molecule has 1 aliphatic heterocycles. The minimum Gasteiger partial charge on any atom is -0.366 e. The molecule has 0 aromatic heterocycles. The zero-order chi connectivity index (χ0) is 14.9. The third-order valence-corrected chi connectivity index (χ3v) is 3.67. The van der Waals surface area contributed by atoms with Crippen molar-refractivity contribution in [2.24, 2.45) is 0 Å². The molecule has 1 N–H and O–H groups in total. The van der Waals surface area contributed by atoms with Crippen molar-refractivity contribution >= 4 is 5.69 Å². The van der Waals surface area contributed by atoms with Crippen LogP contribution >= 0.6 is 0 Å². The van der Waals surface area contributed by atoms with Gasteiger partial charge in [0, 0.05) is 30.9 Å². The first-order valence-corrected chi connectivity index (χ1v) is 6.69. The molecule has 2 rings (SSSR count). The third-order valence-electron chi connectivity index (χ3n) is 3.67. The summed E-state index contributed by atoms with van der Waals surface area (Å²) in [5.74, 6) is -1.22. The number of halogens is 4. The maximum absolute atomic E-state index is 13.3. The number of alkyl halides is 3. The number of hydrogen-bond donors (Lipinski definition) is 1. The van der Waals surface area contributed by atoms with Gasteiger partial charge < -0.3 is 10.2 Å². The van der Waals surface area contributed by atoms with E-state index in [0.29, 0.717) is 12.2 Å². The van der Waals surface area contributed by atoms with Gasteiger partial charge in [0.2, 0.25) is 0 Å². The van der Waals surface area contributed by atoms with Gasteiger partial charge in [-0.15, -0.1) is 0 Å². The molecule has 112 valence electrons. The molecular formula is C14H18F4N2. The number of piperazine rings is 1. The summed E-state index contributed by atoms with van der Waals surface area (Å²) in [5.41, 5.74) is -0.769. The van der Waals surface area contributed by atoms with Gasteiger partial charge in [-0.2, -0.15) is 13.2 Å². The van der Waals surface area contributed by atoms with Crippen LogP contribution in [0.3, 0.4) is 0 Å². The van der Waals surface area contributed by atoms with E-state index in [2.05, 4.69) is 5.32 Å². The van der Waals surface area contributed by atoms with Gasteiger partial charge in [-0.3, -0.25) is 0 Å². The van der Waals surface area contributed by atoms with Gasteiger partial charge in [-0.05, 0) is 31.5 Å². The van der Waals surface area contributed by atoms with Crippen LogP contribution in [0.1, 0.15) is 25.8 Å². The maximum atomic E-state index is 13.3. The van der Waals surface area contributed by atoms with Gasteiger partial charge in [-0.1, -0.05) is 6.92 Å². The van der Waals surface area contributed by atoms with Crippen LogP contribution in [0.4, 0.5) is 23.2 Å². The number of hydrogen-bond acceptors (Lipinski definition) is 2. The Balaban J connectivity index is 2.36. The Morgan fingerprint density at radius 1 is 1.35 bits per heavy atom. The van der Waals surface area contributed by atoms with Crippen LogP contribution in [0.15, 0.2) is 18.2 Å². The molecule has 0 aliphatic carbocycles. The summed E-state index contributed by atoms with van der Waals surface area (Å²) in [6.07, 6.45) is -3.85. The van der Waals surface area contributed by atoms with Gasteiger partial charge in [0.25, 0.3) is 0 Å². The maximum Gasteiger partial charge on any atom is 0.419 e. The molecule has 0 radical (unpaired) electrons. The first kappa shape index (κ1) is 15.1. The summed E-state index contributed by atoms with van der Waals surface area (Å²) in [7, 11) is 0. The summed E-state index contributed by atoms with van der Waals surface area (Å²) >= 11 is 0. The highest BCUT2D eigenvalue weighted by Crippen LogP contribution is 2.34. The second-order valence-electron chi connectivity index (χ2n) is 5.19.